The molecule has 1 aliphatic rings. The Labute approximate surface area is 139 Å². The molecule has 0 spiro atoms. The van der Waals surface area contributed by atoms with Crippen LogP contribution in [0, 0.1) is 27.4 Å². The monoisotopic (exact) mass is 386 g/mol. The Morgan fingerprint density at radius 2 is 2.05 bits per heavy atom. The van der Waals surface area contributed by atoms with E-state index in [1.165, 1.54) is 12.2 Å². The zero-order valence-corrected chi connectivity index (χ0v) is 13.7. The third-order valence-corrected chi connectivity index (χ3v) is 4.91. The van der Waals surface area contributed by atoms with Crippen molar-refractivity contribution in [3.05, 3.63) is 62.2 Å². The van der Waals surface area contributed by atoms with Gasteiger partial charge in [0.2, 0.25) is 0 Å². The fourth-order valence-electron chi connectivity index (χ4n) is 2.16. The summed E-state index contributed by atoms with van der Waals surface area (Å²) in [4.78, 5) is 10.9. The van der Waals surface area contributed by atoms with Crippen molar-refractivity contribution in [1.82, 2.24) is 0 Å². The Balaban J connectivity index is 2.55. The predicted octanol–water partition coefficient (Wildman–Crippen LogP) is 4.50. The molecule has 1 aliphatic carbocycles. The van der Waals surface area contributed by atoms with E-state index in [0.717, 1.165) is 0 Å². The maximum Gasteiger partial charge on any atom is 0.269 e. The van der Waals surface area contributed by atoms with Gasteiger partial charge in [0, 0.05) is 20.5 Å². The summed E-state index contributed by atoms with van der Waals surface area (Å²) in [5.41, 5.74) is -0.300. The second-order valence-corrected chi connectivity index (χ2v) is 5.92. The number of hydrogen-bond donors (Lipinski definition) is 0. The second kappa shape index (κ2) is 6.18. The van der Waals surface area contributed by atoms with Gasteiger partial charge in [-0.25, -0.2) is 0 Å². The molecule has 0 N–H and O–H groups in total. The third-order valence-electron chi connectivity index (χ3n) is 3.38. The van der Waals surface area contributed by atoms with Gasteiger partial charge in [-0.2, -0.15) is 5.26 Å². The van der Waals surface area contributed by atoms with Crippen molar-refractivity contribution in [2.75, 3.05) is 5.33 Å². The molecule has 21 heavy (non-hydrogen) atoms. The highest BCUT2D eigenvalue weighted by atomic mass is 79.9. The first-order valence-corrected chi connectivity index (χ1v) is 7.79. The lowest BCUT2D eigenvalue weighted by molar-refractivity contribution is -0.553. The molecule has 0 saturated carbocycles. The van der Waals surface area contributed by atoms with Crippen LogP contribution in [0.3, 0.4) is 0 Å². The fraction of sp³-hybridized carbons (Fsp3) is 0.214. The lowest BCUT2D eigenvalue weighted by Gasteiger charge is -2.26. The molecule has 0 aromatic heterocycles. The normalized spacial score (nSPS) is 24.3. The molecule has 0 radical (unpaired) electrons. The highest BCUT2D eigenvalue weighted by Gasteiger charge is 2.48. The van der Waals surface area contributed by atoms with E-state index in [1.807, 2.05) is 6.07 Å². The molecule has 0 bridgehead atoms. The highest BCUT2D eigenvalue weighted by Crippen LogP contribution is 2.39. The van der Waals surface area contributed by atoms with Gasteiger partial charge in [-0.05, 0) is 23.8 Å². The maximum atomic E-state index is 11.3. The van der Waals surface area contributed by atoms with E-state index in [9.17, 15) is 15.4 Å². The quantitative estimate of drug-likeness (QED) is 0.435. The van der Waals surface area contributed by atoms with Gasteiger partial charge < -0.3 is 0 Å². The molecule has 0 heterocycles. The first-order chi connectivity index (χ1) is 9.96. The molecule has 0 aliphatic heterocycles. The summed E-state index contributed by atoms with van der Waals surface area (Å²) in [7, 11) is 0. The first-order valence-electron chi connectivity index (χ1n) is 5.92. The summed E-state index contributed by atoms with van der Waals surface area (Å²) in [6, 6.07) is 7.05. The molecule has 1 aromatic rings. The van der Waals surface area contributed by atoms with Crippen LogP contribution in [-0.4, -0.2) is 15.8 Å². The van der Waals surface area contributed by atoms with E-state index in [2.05, 4.69) is 15.9 Å². The summed E-state index contributed by atoms with van der Waals surface area (Å²) in [6.45, 7) is 0. The molecule has 2 unspecified atom stereocenters. The van der Waals surface area contributed by atoms with Crippen LogP contribution in [0.1, 0.15) is 5.56 Å². The summed E-state index contributed by atoms with van der Waals surface area (Å²) in [6.07, 6.45) is 4.55. The molecule has 0 fully saturated rings. The second-order valence-electron chi connectivity index (χ2n) is 4.54. The Bertz CT molecular complexity index is 676. The molecule has 0 amide bonds. The van der Waals surface area contributed by atoms with Crippen molar-refractivity contribution in [1.29, 1.82) is 5.26 Å². The summed E-state index contributed by atoms with van der Waals surface area (Å²) in [5, 5.41) is 21.5. The van der Waals surface area contributed by atoms with Gasteiger partial charge in [0.15, 0.2) is 0 Å². The molecular formula is C14H9BrCl2N2O2. The smallest absolute Gasteiger partial charge is 0.264 e. The Morgan fingerprint density at radius 3 is 2.52 bits per heavy atom. The number of allylic oxidation sites excluding steroid dienone is 2. The van der Waals surface area contributed by atoms with Crippen molar-refractivity contribution in [2.45, 2.75) is 5.54 Å². The van der Waals surface area contributed by atoms with Crippen LogP contribution in [0.4, 0.5) is 0 Å². The van der Waals surface area contributed by atoms with Crippen LogP contribution in [0.5, 0.6) is 0 Å². The maximum absolute atomic E-state index is 11.3. The first kappa shape index (κ1) is 16.0. The highest BCUT2D eigenvalue weighted by molar-refractivity contribution is 9.09. The minimum atomic E-state index is -1.48. The van der Waals surface area contributed by atoms with Gasteiger partial charge in [-0.15, -0.1) is 0 Å². The topological polar surface area (TPSA) is 66.9 Å². The number of nitro groups is 1. The molecule has 0 saturated heterocycles. The Morgan fingerprint density at radius 1 is 1.43 bits per heavy atom. The fourth-order valence-corrected chi connectivity index (χ4v) is 3.51. The average molecular weight is 388 g/mol. The molecule has 7 heteroatoms. The molecule has 108 valence electrons. The number of hydrogen-bond acceptors (Lipinski definition) is 3. The number of rotatable bonds is 3. The predicted molar refractivity (Wildman–Crippen MR) is 86.2 cm³/mol. The number of benzene rings is 1. The van der Waals surface area contributed by atoms with Gasteiger partial charge in [0.25, 0.3) is 5.54 Å². The van der Waals surface area contributed by atoms with Crippen LogP contribution < -0.4 is 0 Å². The van der Waals surface area contributed by atoms with Crippen molar-refractivity contribution >= 4 is 44.7 Å². The minimum absolute atomic E-state index is 0.0434. The van der Waals surface area contributed by atoms with Crippen molar-refractivity contribution < 1.29 is 4.92 Å². The van der Waals surface area contributed by atoms with E-state index in [0.29, 0.717) is 21.2 Å². The van der Waals surface area contributed by atoms with E-state index in [1.54, 1.807) is 24.3 Å². The van der Waals surface area contributed by atoms with Crippen LogP contribution in [0.2, 0.25) is 10.0 Å². The van der Waals surface area contributed by atoms with E-state index < -0.39 is 16.4 Å². The van der Waals surface area contributed by atoms with Crippen molar-refractivity contribution in [2.24, 2.45) is 5.92 Å². The molecular weight excluding hydrogens is 379 g/mol. The Kier molecular flexibility index (Phi) is 4.72. The number of nitrogens with zero attached hydrogens (tertiary/aromatic N) is 2. The van der Waals surface area contributed by atoms with Crippen LogP contribution in [0.25, 0.3) is 5.57 Å². The summed E-state index contributed by atoms with van der Waals surface area (Å²) >= 11 is 15.4. The van der Waals surface area contributed by atoms with Gasteiger partial charge in [0.1, 0.15) is 5.92 Å². The minimum Gasteiger partial charge on any atom is -0.264 e. The van der Waals surface area contributed by atoms with E-state index in [4.69, 9.17) is 23.2 Å². The number of halogens is 3. The number of alkyl halides is 1. The largest absolute Gasteiger partial charge is 0.269 e. The summed E-state index contributed by atoms with van der Waals surface area (Å²) in [5.74, 6) is -0.917. The average Bonchev–Trinajstić information content (AvgIpc) is 2.46. The van der Waals surface area contributed by atoms with E-state index in [-0.39, 0.29) is 5.33 Å². The van der Waals surface area contributed by atoms with Gasteiger partial charge in [-0.1, -0.05) is 57.4 Å². The van der Waals surface area contributed by atoms with Crippen LogP contribution >= 0.6 is 39.1 Å². The van der Waals surface area contributed by atoms with E-state index >= 15 is 0 Å². The molecule has 2 atom stereocenters. The Hall–Kier alpha value is -1.35. The summed E-state index contributed by atoms with van der Waals surface area (Å²) < 4.78 is 0. The van der Waals surface area contributed by atoms with Crippen molar-refractivity contribution in [3.63, 3.8) is 0 Å². The lowest BCUT2D eigenvalue weighted by atomic mass is 9.80. The zero-order chi connectivity index (χ0) is 15.6. The molecule has 1 aromatic carbocycles. The van der Waals surface area contributed by atoms with Gasteiger partial charge >= 0.3 is 0 Å². The van der Waals surface area contributed by atoms with Crippen LogP contribution in [0.15, 0.2) is 36.4 Å². The van der Waals surface area contributed by atoms with Gasteiger partial charge in [0.05, 0.1) is 11.4 Å². The molecule has 4 nitrogen and oxygen atoms in total. The van der Waals surface area contributed by atoms with Crippen LogP contribution in [-0.2, 0) is 0 Å². The standard InChI is InChI=1S/C14H9BrCl2N2O2/c15-8-14(19(20)21)5-4-9(6-10(14)7-18)13-11(16)2-1-3-12(13)17/h1-6,10H,8H2. The van der Waals surface area contributed by atoms with Gasteiger partial charge in [-0.3, -0.25) is 10.1 Å². The number of nitriles is 1. The zero-order valence-electron chi connectivity index (χ0n) is 10.6. The lowest BCUT2D eigenvalue weighted by Crippen LogP contribution is -2.45. The SMILES string of the molecule is N#CC1C=C(c2c(Cl)cccc2Cl)C=CC1(CBr)[N+](=O)[O-]. The van der Waals surface area contributed by atoms with Crippen molar-refractivity contribution in [3.8, 4) is 6.07 Å². The molecule has 2 rings (SSSR count). The third kappa shape index (κ3) is 2.71.